The Labute approximate surface area is 174 Å². The van der Waals surface area contributed by atoms with E-state index in [0.29, 0.717) is 18.8 Å². The van der Waals surface area contributed by atoms with Gasteiger partial charge in [-0.2, -0.15) is 5.10 Å². The highest BCUT2D eigenvalue weighted by Gasteiger charge is 2.28. The summed E-state index contributed by atoms with van der Waals surface area (Å²) in [6, 6.07) is 15.5. The molecule has 0 bridgehead atoms. The molecule has 1 unspecified atom stereocenters. The van der Waals surface area contributed by atoms with Gasteiger partial charge in [-0.25, -0.2) is 4.39 Å². The first-order valence-electron chi connectivity index (χ1n) is 10.0. The molecule has 4 rings (SSSR count). The van der Waals surface area contributed by atoms with Crippen molar-refractivity contribution in [2.45, 2.75) is 19.4 Å². The van der Waals surface area contributed by atoms with Gasteiger partial charge in [-0.1, -0.05) is 24.3 Å². The summed E-state index contributed by atoms with van der Waals surface area (Å²) in [6.07, 6.45) is 4.93. The highest BCUT2D eigenvalue weighted by atomic mass is 19.1. The number of likely N-dealkylation sites (tertiary alicyclic amines) is 1. The smallest absolute Gasteiger partial charge is 0.244 e. The number of hydrogen-bond acceptors (Lipinski definition) is 3. The minimum Gasteiger partial charge on any atom is -0.340 e. The number of aromatic nitrogens is 2. The van der Waals surface area contributed by atoms with Crippen molar-refractivity contribution in [3.05, 3.63) is 72.8 Å². The van der Waals surface area contributed by atoms with Gasteiger partial charge in [0.25, 0.3) is 0 Å². The summed E-state index contributed by atoms with van der Waals surface area (Å²) in [5.74, 6) is -0.655. The SMILES string of the molecule is O=C(Nc1ccc(-c2cccc(F)c2)cc1)C1CCCN(C(=O)Cn2cccn2)C1. The van der Waals surface area contributed by atoms with Gasteiger partial charge in [-0.05, 0) is 54.3 Å². The molecule has 1 fully saturated rings. The Morgan fingerprint density at radius 3 is 2.67 bits per heavy atom. The van der Waals surface area contributed by atoms with Crippen LogP contribution in [0.2, 0.25) is 0 Å². The molecule has 1 N–H and O–H groups in total. The van der Waals surface area contributed by atoms with E-state index in [1.165, 1.54) is 12.1 Å². The van der Waals surface area contributed by atoms with Crippen molar-refractivity contribution >= 4 is 17.5 Å². The third-order valence-electron chi connectivity index (χ3n) is 5.31. The molecule has 1 saturated heterocycles. The first-order chi connectivity index (χ1) is 14.6. The molecule has 0 spiro atoms. The molecule has 2 heterocycles. The molecule has 3 aromatic rings. The molecule has 6 nitrogen and oxygen atoms in total. The van der Waals surface area contributed by atoms with Crippen LogP contribution in [0.3, 0.4) is 0 Å². The van der Waals surface area contributed by atoms with E-state index in [4.69, 9.17) is 0 Å². The summed E-state index contributed by atoms with van der Waals surface area (Å²) in [5.41, 5.74) is 2.34. The molecule has 1 aliphatic heterocycles. The quantitative estimate of drug-likeness (QED) is 0.704. The minimum atomic E-state index is -0.283. The van der Waals surface area contributed by atoms with Crippen molar-refractivity contribution in [2.24, 2.45) is 5.92 Å². The Kier molecular flexibility index (Phi) is 5.88. The van der Waals surface area contributed by atoms with Crippen molar-refractivity contribution < 1.29 is 14.0 Å². The molecule has 0 saturated carbocycles. The van der Waals surface area contributed by atoms with Gasteiger partial charge in [0.2, 0.25) is 11.8 Å². The molecule has 2 amide bonds. The second-order valence-electron chi connectivity index (χ2n) is 7.46. The highest BCUT2D eigenvalue weighted by Crippen LogP contribution is 2.23. The van der Waals surface area contributed by atoms with E-state index < -0.39 is 0 Å². The summed E-state index contributed by atoms with van der Waals surface area (Å²) in [5, 5.41) is 7.00. The number of piperidine rings is 1. The van der Waals surface area contributed by atoms with E-state index in [1.807, 2.05) is 30.3 Å². The molecular formula is C23H23FN4O2. The number of rotatable bonds is 5. The Morgan fingerprint density at radius 2 is 1.93 bits per heavy atom. The van der Waals surface area contributed by atoms with E-state index in [1.54, 1.807) is 34.1 Å². The Bertz CT molecular complexity index is 1020. The number of anilines is 1. The van der Waals surface area contributed by atoms with Crippen LogP contribution in [0.4, 0.5) is 10.1 Å². The van der Waals surface area contributed by atoms with Crippen LogP contribution in [0.1, 0.15) is 12.8 Å². The zero-order chi connectivity index (χ0) is 20.9. The molecule has 154 valence electrons. The monoisotopic (exact) mass is 406 g/mol. The number of nitrogens with zero attached hydrogens (tertiary/aromatic N) is 3. The van der Waals surface area contributed by atoms with Gasteiger partial charge in [0.1, 0.15) is 12.4 Å². The molecular weight excluding hydrogens is 383 g/mol. The Hall–Kier alpha value is -3.48. The van der Waals surface area contributed by atoms with Crippen LogP contribution in [0.15, 0.2) is 67.0 Å². The third kappa shape index (κ3) is 4.74. The highest BCUT2D eigenvalue weighted by molar-refractivity contribution is 5.93. The summed E-state index contributed by atoms with van der Waals surface area (Å²) in [7, 11) is 0. The first-order valence-corrected chi connectivity index (χ1v) is 10.0. The fraction of sp³-hybridized carbons (Fsp3) is 0.261. The van der Waals surface area contributed by atoms with Crippen LogP contribution >= 0.6 is 0 Å². The molecule has 30 heavy (non-hydrogen) atoms. The number of carbonyl (C=O) groups is 2. The van der Waals surface area contributed by atoms with Gasteiger partial charge < -0.3 is 10.2 Å². The molecule has 1 atom stereocenters. The maximum absolute atomic E-state index is 13.4. The van der Waals surface area contributed by atoms with Gasteiger partial charge in [-0.15, -0.1) is 0 Å². The maximum atomic E-state index is 13.4. The summed E-state index contributed by atoms with van der Waals surface area (Å²) in [4.78, 5) is 27.0. The summed E-state index contributed by atoms with van der Waals surface area (Å²) < 4.78 is 15.0. The van der Waals surface area contributed by atoms with Crippen LogP contribution in [0.25, 0.3) is 11.1 Å². The van der Waals surface area contributed by atoms with Crippen molar-refractivity contribution in [2.75, 3.05) is 18.4 Å². The molecule has 1 aromatic heterocycles. The number of halogens is 1. The zero-order valence-corrected chi connectivity index (χ0v) is 16.5. The molecule has 7 heteroatoms. The molecule has 0 aliphatic carbocycles. The first kappa shape index (κ1) is 19.8. The molecule has 1 aliphatic rings. The predicted molar refractivity (Wildman–Crippen MR) is 112 cm³/mol. The summed E-state index contributed by atoms with van der Waals surface area (Å²) in [6.45, 7) is 1.25. The van der Waals surface area contributed by atoms with Gasteiger partial charge in [0.05, 0.1) is 5.92 Å². The standard InChI is InChI=1S/C23H23FN4O2/c24-20-6-1-4-18(14-20)17-7-9-21(10-8-17)26-23(30)19-5-2-12-27(15-19)22(29)16-28-13-3-11-25-28/h1,3-4,6-11,13-14,19H,2,5,12,15-16H2,(H,26,30). The number of amides is 2. The van der Waals surface area contributed by atoms with Crippen LogP contribution in [-0.2, 0) is 16.1 Å². The fourth-order valence-corrected chi connectivity index (χ4v) is 3.71. The van der Waals surface area contributed by atoms with Crippen LogP contribution in [0, 0.1) is 11.7 Å². The van der Waals surface area contributed by atoms with E-state index in [0.717, 1.165) is 24.0 Å². The average Bonchev–Trinajstić information content (AvgIpc) is 3.27. The lowest BCUT2D eigenvalue weighted by Gasteiger charge is -2.32. The van der Waals surface area contributed by atoms with E-state index in [2.05, 4.69) is 10.4 Å². The third-order valence-corrected chi connectivity index (χ3v) is 5.31. The van der Waals surface area contributed by atoms with Gasteiger partial charge in [-0.3, -0.25) is 14.3 Å². The van der Waals surface area contributed by atoms with Crippen LogP contribution < -0.4 is 5.32 Å². The van der Waals surface area contributed by atoms with Gasteiger partial charge >= 0.3 is 0 Å². The molecule has 0 radical (unpaired) electrons. The summed E-state index contributed by atoms with van der Waals surface area (Å²) >= 11 is 0. The van der Waals surface area contributed by atoms with Crippen molar-refractivity contribution in [3.8, 4) is 11.1 Å². The number of carbonyl (C=O) groups excluding carboxylic acids is 2. The maximum Gasteiger partial charge on any atom is 0.244 e. The lowest BCUT2D eigenvalue weighted by Crippen LogP contribution is -2.45. The van der Waals surface area contributed by atoms with E-state index in [-0.39, 0.29) is 30.1 Å². The van der Waals surface area contributed by atoms with Crippen LogP contribution in [0.5, 0.6) is 0 Å². The minimum absolute atomic E-state index is 0.0318. The van der Waals surface area contributed by atoms with Gasteiger partial charge in [0.15, 0.2) is 0 Å². The Morgan fingerprint density at radius 1 is 1.10 bits per heavy atom. The van der Waals surface area contributed by atoms with E-state index >= 15 is 0 Å². The number of hydrogen-bond donors (Lipinski definition) is 1. The topological polar surface area (TPSA) is 67.2 Å². The van der Waals surface area contributed by atoms with Crippen molar-refractivity contribution in [1.29, 1.82) is 0 Å². The molecule has 2 aromatic carbocycles. The normalized spacial score (nSPS) is 16.3. The number of benzene rings is 2. The lowest BCUT2D eigenvalue weighted by atomic mass is 9.97. The fourth-order valence-electron chi connectivity index (χ4n) is 3.71. The average molecular weight is 406 g/mol. The zero-order valence-electron chi connectivity index (χ0n) is 16.5. The largest absolute Gasteiger partial charge is 0.340 e. The van der Waals surface area contributed by atoms with Crippen molar-refractivity contribution in [1.82, 2.24) is 14.7 Å². The number of nitrogens with one attached hydrogen (secondary N) is 1. The predicted octanol–water partition coefficient (Wildman–Crippen LogP) is 3.57. The van der Waals surface area contributed by atoms with Crippen molar-refractivity contribution in [3.63, 3.8) is 0 Å². The van der Waals surface area contributed by atoms with Crippen LogP contribution in [-0.4, -0.2) is 39.6 Å². The van der Waals surface area contributed by atoms with Gasteiger partial charge in [0, 0.05) is 31.2 Å². The lowest BCUT2D eigenvalue weighted by molar-refractivity contribution is -0.135. The Balaban J connectivity index is 1.35. The van der Waals surface area contributed by atoms with E-state index in [9.17, 15) is 14.0 Å². The second-order valence-corrected chi connectivity index (χ2v) is 7.46. The second kappa shape index (κ2) is 8.90.